The number of rotatable bonds is 4. The topological polar surface area (TPSA) is 127 Å². The van der Waals surface area contributed by atoms with Crippen LogP contribution in [0.2, 0.25) is 0 Å². The Morgan fingerprint density at radius 2 is 2.06 bits per heavy atom. The molecule has 1 heterocycles. The standard InChI is InChI=1S/C9H16O7/c1-2-5(12)9(15)8(14)6(13)7(16-9)4(11)3-10/h4,6-8,10-11,13-15H,2-3H2,1H3/t4-,6+,7-,8-,9-/m1/s1. The molecule has 94 valence electrons. The minimum Gasteiger partial charge on any atom is -0.394 e. The van der Waals surface area contributed by atoms with E-state index in [9.17, 15) is 25.2 Å². The third-order valence-corrected chi connectivity index (χ3v) is 2.66. The van der Waals surface area contributed by atoms with Gasteiger partial charge in [-0.15, -0.1) is 0 Å². The summed E-state index contributed by atoms with van der Waals surface area (Å²) in [6.45, 7) is 0.739. The van der Waals surface area contributed by atoms with Crippen LogP contribution in [-0.2, 0) is 9.53 Å². The molecule has 1 aliphatic heterocycles. The molecule has 0 saturated carbocycles. The maximum Gasteiger partial charge on any atom is 0.256 e. The average Bonchev–Trinajstić information content (AvgIpc) is 2.53. The smallest absolute Gasteiger partial charge is 0.256 e. The first-order valence-corrected chi connectivity index (χ1v) is 4.97. The number of ketones is 1. The molecule has 1 saturated heterocycles. The van der Waals surface area contributed by atoms with Crippen LogP contribution in [0.4, 0.5) is 0 Å². The Balaban J connectivity index is 2.90. The Kier molecular flexibility index (Phi) is 4.00. The molecule has 0 aliphatic carbocycles. The van der Waals surface area contributed by atoms with E-state index in [2.05, 4.69) is 0 Å². The van der Waals surface area contributed by atoms with Crippen molar-refractivity contribution in [3.63, 3.8) is 0 Å². The maximum absolute atomic E-state index is 11.4. The lowest BCUT2D eigenvalue weighted by molar-refractivity contribution is -0.229. The fourth-order valence-electron chi connectivity index (χ4n) is 1.65. The van der Waals surface area contributed by atoms with E-state index in [1.165, 1.54) is 6.92 Å². The molecule has 5 atom stereocenters. The Bertz CT molecular complexity index is 269. The van der Waals surface area contributed by atoms with Crippen LogP contribution in [0, 0.1) is 0 Å². The van der Waals surface area contributed by atoms with E-state index >= 15 is 0 Å². The number of carbonyl (C=O) groups excluding carboxylic acids is 1. The van der Waals surface area contributed by atoms with Gasteiger partial charge in [-0.3, -0.25) is 4.79 Å². The zero-order valence-corrected chi connectivity index (χ0v) is 8.78. The highest BCUT2D eigenvalue weighted by atomic mass is 16.7. The van der Waals surface area contributed by atoms with Crippen molar-refractivity contribution in [2.75, 3.05) is 6.61 Å². The highest BCUT2D eigenvalue weighted by Crippen LogP contribution is 2.32. The van der Waals surface area contributed by atoms with Gasteiger partial charge in [0.05, 0.1) is 6.61 Å². The molecule has 7 heteroatoms. The van der Waals surface area contributed by atoms with Crippen molar-refractivity contribution in [2.24, 2.45) is 0 Å². The van der Waals surface area contributed by atoms with Crippen LogP contribution >= 0.6 is 0 Å². The first-order valence-electron chi connectivity index (χ1n) is 4.97. The molecule has 0 radical (unpaired) electrons. The quantitative estimate of drug-likeness (QED) is 0.355. The molecule has 1 aliphatic rings. The predicted molar refractivity (Wildman–Crippen MR) is 50.2 cm³/mol. The summed E-state index contributed by atoms with van der Waals surface area (Å²) in [5.74, 6) is -3.32. The number of aliphatic hydroxyl groups excluding tert-OH is 4. The number of carbonyl (C=O) groups is 1. The van der Waals surface area contributed by atoms with Crippen LogP contribution in [0.15, 0.2) is 0 Å². The van der Waals surface area contributed by atoms with Crippen LogP contribution < -0.4 is 0 Å². The molecule has 16 heavy (non-hydrogen) atoms. The number of aliphatic hydroxyl groups is 5. The van der Waals surface area contributed by atoms with Crippen molar-refractivity contribution in [2.45, 2.75) is 43.5 Å². The summed E-state index contributed by atoms with van der Waals surface area (Å²) in [7, 11) is 0. The lowest BCUT2D eigenvalue weighted by atomic mass is 9.99. The second-order valence-electron chi connectivity index (χ2n) is 3.74. The number of Topliss-reactive ketones (excluding diaryl/α,β-unsaturated/α-hetero) is 1. The van der Waals surface area contributed by atoms with Crippen LogP contribution in [-0.4, -0.2) is 68.1 Å². The number of hydrogen-bond acceptors (Lipinski definition) is 7. The van der Waals surface area contributed by atoms with E-state index in [0.717, 1.165) is 0 Å². The highest BCUT2D eigenvalue weighted by Gasteiger charge is 2.58. The summed E-state index contributed by atoms with van der Waals surface area (Å²) in [5.41, 5.74) is 0. The van der Waals surface area contributed by atoms with Gasteiger partial charge in [0.2, 0.25) is 0 Å². The SMILES string of the molecule is CCC(=O)[C@@]1(O)O[C@H]([C@H](O)CO)[C@H](O)[C@H]1O. The third-order valence-electron chi connectivity index (χ3n) is 2.66. The molecule has 5 N–H and O–H groups in total. The molecule has 0 aromatic carbocycles. The van der Waals surface area contributed by atoms with Crippen LogP contribution in [0.1, 0.15) is 13.3 Å². The first-order chi connectivity index (χ1) is 7.38. The van der Waals surface area contributed by atoms with Gasteiger partial charge in [0.1, 0.15) is 24.4 Å². The fourth-order valence-corrected chi connectivity index (χ4v) is 1.65. The molecular weight excluding hydrogens is 220 g/mol. The van der Waals surface area contributed by atoms with Crippen molar-refractivity contribution in [3.8, 4) is 0 Å². The Morgan fingerprint density at radius 3 is 2.50 bits per heavy atom. The molecule has 0 spiro atoms. The molecule has 0 bridgehead atoms. The van der Waals surface area contributed by atoms with Crippen molar-refractivity contribution in [1.29, 1.82) is 0 Å². The largest absolute Gasteiger partial charge is 0.394 e. The van der Waals surface area contributed by atoms with Crippen molar-refractivity contribution < 1.29 is 35.1 Å². The van der Waals surface area contributed by atoms with E-state index in [0.29, 0.717) is 0 Å². The van der Waals surface area contributed by atoms with Gasteiger partial charge in [-0.1, -0.05) is 6.92 Å². The van der Waals surface area contributed by atoms with Crippen LogP contribution in [0.5, 0.6) is 0 Å². The van der Waals surface area contributed by atoms with E-state index in [-0.39, 0.29) is 6.42 Å². The molecular formula is C9H16O7. The van der Waals surface area contributed by atoms with E-state index in [1.807, 2.05) is 0 Å². The monoisotopic (exact) mass is 236 g/mol. The minimum absolute atomic E-state index is 0.0950. The van der Waals surface area contributed by atoms with Gasteiger partial charge >= 0.3 is 0 Å². The van der Waals surface area contributed by atoms with Gasteiger partial charge in [0.15, 0.2) is 5.78 Å². The first kappa shape index (κ1) is 13.5. The molecule has 0 aromatic heterocycles. The lowest BCUT2D eigenvalue weighted by Crippen LogP contribution is -2.49. The zero-order chi connectivity index (χ0) is 12.5. The maximum atomic E-state index is 11.4. The van der Waals surface area contributed by atoms with Gasteiger partial charge < -0.3 is 30.3 Å². The number of hydrogen-bond donors (Lipinski definition) is 5. The Labute approximate surface area is 91.9 Å². The van der Waals surface area contributed by atoms with Crippen LogP contribution in [0.25, 0.3) is 0 Å². The number of ether oxygens (including phenoxy) is 1. The zero-order valence-electron chi connectivity index (χ0n) is 8.78. The van der Waals surface area contributed by atoms with Crippen molar-refractivity contribution >= 4 is 5.78 Å². The van der Waals surface area contributed by atoms with E-state index < -0.39 is 42.6 Å². The Hall–Kier alpha value is -0.570. The lowest BCUT2D eigenvalue weighted by Gasteiger charge is -2.24. The summed E-state index contributed by atoms with van der Waals surface area (Å²) in [5, 5.41) is 46.7. The average molecular weight is 236 g/mol. The van der Waals surface area contributed by atoms with Crippen molar-refractivity contribution in [3.05, 3.63) is 0 Å². The molecule has 0 aromatic rings. The summed E-state index contributed by atoms with van der Waals surface area (Å²) < 4.78 is 4.77. The Morgan fingerprint density at radius 1 is 1.50 bits per heavy atom. The molecule has 0 amide bonds. The molecule has 0 unspecified atom stereocenters. The fraction of sp³-hybridized carbons (Fsp3) is 0.889. The predicted octanol–water partition coefficient (Wildman–Crippen LogP) is -2.87. The second-order valence-corrected chi connectivity index (χ2v) is 3.74. The highest BCUT2D eigenvalue weighted by molar-refractivity contribution is 5.86. The summed E-state index contributed by atoms with van der Waals surface area (Å²) >= 11 is 0. The summed E-state index contributed by atoms with van der Waals surface area (Å²) in [6.07, 6.45) is -6.46. The second kappa shape index (κ2) is 4.74. The van der Waals surface area contributed by atoms with Gasteiger partial charge in [-0.25, -0.2) is 0 Å². The van der Waals surface area contributed by atoms with Gasteiger partial charge in [-0.2, -0.15) is 0 Å². The van der Waals surface area contributed by atoms with E-state index in [4.69, 9.17) is 9.84 Å². The van der Waals surface area contributed by atoms with Gasteiger partial charge in [-0.05, 0) is 0 Å². The van der Waals surface area contributed by atoms with Gasteiger partial charge in [0.25, 0.3) is 5.79 Å². The molecule has 1 fully saturated rings. The molecule has 7 nitrogen and oxygen atoms in total. The van der Waals surface area contributed by atoms with E-state index in [1.54, 1.807) is 0 Å². The normalized spacial score (nSPS) is 41.0. The minimum atomic E-state index is -2.52. The third kappa shape index (κ3) is 1.97. The molecule has 1 rings (SSSR count). The van der Waals surface area contributed by atoms with Crippen molar-refractivity contribution in [1.82, 2.24) is 0 Å². The summed E-state index contributed by atoms with van der Waals surface area (Å²) in [6, 6.07) is 0. The van der Waals surface area contributed by atoms with Crippen LogP contribution in [0.3, 0.4) is 0 Å². The summed E-state index contributed by atoms with van der Waals surface area (Å²) in [4.78, 5) is 11.4. The van der Waals surface area contributed by atoms with Gasteiger partial charge in [0, 0.05) is 6.42 Å².